The van der Waals surface area contributed by atoms with Crippen LogP contribution in [0.25, 0.3) is 0 Å². The number of benzene rings is 1. The molecule has 2 N–H and O–H groups in total. The van der Waals surface area contributed by atoms with E-state index < -0.39 is 5.60 Å². The average molecular weight is 468 g/mol. The molecule has 3 nitrogen and oxygen atoms in total. The molecule has 5 rings (SSSR count). The highest BCUT2D eigenvalue weighted by atomic mass is 16.5. The van der Waals surface area contributed by atoms with Gasteiger partial charge < -0.3 is 15.2 Å². The first-order chi connectivity index (χ1) is 16.3. The Balaban J connectivity index is 1.24. The molecule has 10 atom stereocenters. The van der Waals surface area contributed by atoms with Crippen molar-refractivity contribution in [1.82, 2.24) is 5.32 Å². The number of hydrogen-bond acceptors (Lipinski definition) is 3. The zero-order valence-electron chi connectivity index (χ0n) is 22.1. The van der Waals surface area contributed by atoms with Crippen LogP contribution in [-0.4, -0.2) is 30.0 Å². The van der Waals surface area contributed by atoms with Gasteiger partial charge in [0, 0.05) is 18.7 Å². The number of ether oxygens (including phenoxy) is 1. The average Bonchev–Trinajstić information content (AvgIpc) is 3.20. The van der Waals surface area contributed by atoms with Crippen molar-refractivity contribution >= 4 is 0 Å². The van der Waals surface area contributed by atoms with E-state index in [9.17, 15) is 5.11 Å². The van der Waals surface area contributed by atoms with Crippen LogP contribution in [0.5, 0.6) is 0 Å². The molecule has 0 saturated heterocycles. The van der Waals surface area contributed by atoms with Gasteiger partial charge in [0.05, 0.1) is 12.2 Å². The third-order valence-corrected chi connectivity index (χ3v) is 11.2. The molecule has 0 unspecified atom stereocenters. The van der Waals surface area contributed by atoms with Crippen molar-refractivity contribution in [3.63, 3.8) is 0 Å². The SMILES string of the molecule is CCOC[C@@]1(O)CC[C@H]2[C@H](CC[C@@H]3[C@@H]2CC[C@]2(C)[C@@H]([C@@H](C)N[C@H](C)c4ccccc4)CC[C@@H]32)C1. The molecular formula is C31H49NO2. The summed E-state index contributed by atoms with van der Waals surface area (Å²) in [6.07, 6.45) is 11.5. The van der Waals surface area contributed by atoms with E-state index in [2.05, 4.69) is 56.4 Å². The summed E-state index contributed by atoms with van der Waals surface area (Å²) in [5.74, 6) is 5.07. The number of aliphatic hydroxyl groups is 1. The minimum Gasteiger partial charge on any atom is -0.387 e. The van der Waals surface area contributed by atoms with E-state index in [1.165, 1.54) is 50.5 Å². The molecular weight excluding hydrogens is 418 g/mol. The Morgan fingerprint density at radius 3 is 2.50 bits per heavy atom. The predicted octanol–water partition coefficient (Wildman–Crippen LogP) is 6.76. The first-order valence-electron chi connectivity index (χ1n) is 14.5. The van der Waals surface area contributed by atoms with Crippen LogP contribution in [0.3, 0.4) is 0 Å². The second kappa shape index (κ2) is 9.87. The summed E-state index contributed by atoms with van der Waals surface area (Å²) < 4.78 is 5.67. The minimum atomic E-state index is -0.567. The van der Waals surface area contributed by atoms with Crippen molar-refractivity contribution in [1.29, 1.82) is 0 Å². The van der Waals surface area contributed by atoms with Gasteiger partial charge in [-0.15, -0.1) is 0 Å². The third-order valence-electron chi connectivity index (χ3n) is 11.2. The summed E-state index contributed by atoms with van der Waals surface area (Å²) in [6.45, 7) is 10.7. The second-order valence-electron chi connectivity index (χ2n) is 12.9. The Morgan fingerprint density at radius 1 is 0.971 bits per heavy atom. The molecule has 0 radical (unpaired) electrons. The number of rotatable bonds is 7. The maximum Gasteiger partial charge on any atom is 0.0883 e. The summed E-state index contributed by atoms with van der Waals surface area (Å²) in [6, 6.07) is 11.9. The standard InChI is InChI=1S/C31H49NO2/c1-5-34-20-31(33)18-16-25-24(19-31)11-12-27-26(25)15-17-30(4)28(13-14-29(27)30)22(3)32-21(2)23-9-7-6-8-10-23/h6-10,21-22,24-29,32-33H,5,11-20H2,1-4H3/t21-,22-,24-,25+,26-,27-,28-,29+,30-,31-/m1/s1. The van der Waals surface area contributed by atoms with Crippen molar-refractivity contribution in [2.75, 3.05) is 13.2 Å². The van der Waals surface area contributed by atoms with Crippen LogP contribution in [0.2, 0.25) is 0 Å². The molecule has 34 heavy (non-hydrogen) atoms. The summed E-state index contributed by atoms with van der Waals surface area (Å²) in [5.41, 5.74) is 1.32. The smallest absolute Gasteiger partial charge is 0.0883 e. The van der Waals surface area contributed by atoms with Crippen molar-refractivity contribution in [2.24, 2.45) is 40.9 Å². The molecule has 0 bridgehead atoms. The third kappa shape index (κ3) is 4.50. The van der Waals surface area contributed by atoms with Crippen molar-refractivity contribution in [3.8, 4) is 0 Å². The second-order valence-corrected chi connectivity index (χ2v) is 12.9. The van der Waals surface area contributed by atoms with Gasteiger partial charge in [0.2, 0.25) is 0 Å². The highest BCUT2D eigenvalue weighted by molar-refractivity contribution is 5.18. The highest BCUT2D eigenvalue weighted by Crippen LogP contribution is 2.65. The van der Waals surface area contributed by atoms with E-state index in [1.807, 2.05) is 6.92 Å². The van der Waals surface area contributed by atoms with Gasteiger partial charge >= 0.3 is 0 Å². The Labute approximate surface area is 208 Å². The lowest BCUT2D eigenvalue weighted by molar-refractivity contribution is -0.129. The van der Waals surface area contributed by atoms with Gasteiger partial charge in [-0.05, 0) is 125 Å². The topological polar surface area (TPSA) is 41.5 Å². The fourth-order valence-corrected chi connectivity index (χ4v) is 9.60. The van der Waals surface area contributed by atoms with E-state index in [0.29, 0.717) is 36.6 Å². The normalized spacial score (nSPS) is 43.4. The first kappa shape index (κ1) is 24.8. The Morgan fingerprint density at radius 2 is 1.74 bits per heavy atom. The van der Waals surface area contributed by atoms with E-state index in [0.717, 1.165) is 42.4 Å². The minimum absolute atomic E-state index is 0.406. The van der Waals surface area contributed by atoms with E-state index in [-0.39, 0.29) is 0 Å². The summed E-state index contributed by atoms with van der Waals surface area (Å²) >= 11 is 0. The monoisotopic (exact) mass is 467 g/mol. The van der Waals surface area contributed by atoms with Crippen molar-refractivity contribution in [2.45, 2.75) is 103 Å². The zero-order chi connectivity index (χ0) is 23.9. The molecule has 1 aromatic rings. The van der Waals surface area contributed by atoms with Gasteiger partial charge in [0.15, 0.2) is 0 Å². The zero-order valence-corrected chi connectivity index (χ0v) is 22.1. The van der Waals surface area contributed by atoms with Crippen LogP contribution in [-0.2, 0) is 4.74 Å². The fraction of sp³-hybridized carbons (Fsp3) is 0.806. The molecule has 3 heteroatoms. The fourth-order valence-electron chi connectivity index (χ4n) is 9.60. The molecule has 1 aromatic carbocycles. The first-order valence-corrected chi connectivity index (χ1v) is 14.5. The quantitative estimate of drug-likeness (QED) is 0.465. The molecule has 0 aliphatic heterocycles. The van der Waals surface area contributed by atoms with Crippen LogP contribution in [0.1, 0.15) is 97.1 Å². The van der Waals surface area contributed by atoms with Gasteiger partial charge in [-0.1, -0.05) is 37.3 Å². The van der Waals surface area contributed by atoms with Gasteiger partial charge in [-0.3, -0.25) is 0 Å². The Kier molecular flexibility index (Phi) is 7.19. The summed E-state index contributed by atoms with van der Waals surface area (Å²) in [7, 11) is 0. The lowest BCUT2D eigenvalue weighted by Crippen LogP contribution is -2.53. The van der Waals surface area contributed by atoms with E-state index in [1.54, 1.807) is 0 Å². The Hall–Kier alpha value is -0.900. The maximum absolute atomic E-state index is 11.1. The largest absolute Gasteiger partial charge is 0.387 e. The van der Waals surface area contributed by atoms with Crippen LogP contribution in [0.4, 0.5) is 0 Å². The lowest BCUT2D eigenvalue weighted by atomic mass is 9.48. The number of hydrogen-bond donors (Lipinski definition) is 2. The molecule has 190 valence electrons. The number of fused-ring (bicyclic) bond motifs is 5. The lowest BCUT2D eigenvalue weighted by Gasteiger charge is -2.57. The van der Waals surface area contributed by atoms with Crippen LogP contribution in [0, 0.1) is 40.9 Å². The van der Waals surface area contributed by atoms with E-state index >= 15 is 0 Å². The molecule has 4 saturated carbocycles. The molecule has 4 aliphatic carbocycles. The summed E-state index contributed by atoms with van der Waals surface area (Å²) in [4.78, 5) is 0. The van der Waals surface area contributed by atoms with Crippen LogP contribution < -0.4 is 5.32 Å². The van der Waals surface area contributed by atoms with Crippen LogP contribution >= 0.6 is 0 Å². The predicted molar refractivity (Wildman–Crippen MR) is 139 cm³/mol. The Bertz CT molecular complexity index is 813. The molecule has 4 aliphatic rings. The van der Waals surface area contributed by atoms with Gasteiger partial charge in [0.25, 0.3) is 0 Å². The maximum atomic E-state index is 11.1. The van der Waals surface area contributed by atoms with Crippen LogP contribution in [0.15, 0.2) is 30.3 Å². The van der Waals surface area contributed by atoms with Crippen molar-refractivity contribution in [3.05, 3.63) is 35.9 Å². The molecule has 0 heterocycles. The van der Waals surface area contributed by atoms with Gasteiger partial charge in [-0.2, -0.15) is 0 Å². The molecule has 0 spiro atoms. The van der Waals surface area contributed by atoms with Gasteiger partial charge in [-0.25, -0.2) is 0 Å². The number of nitrogens with one attached hydrogen (secondary N) is 1. The summed E-state index contributed by atoms with van der Waals surface area (Å²) in [5, 5.41) is 15.1. The van der Waals surface area contributed by atoms with Crippen molar-refractivity contribution < 1.29 is 9.84 Å². The molecule has 0 amide bonds. The van der Waals surface area contributed by atoms with Gasteiger partial charge in [0.1, 0.15) is 0 Å². The van der Waals surface area contributed by atoms with E-state index in [4.69, 9.17) is 4.74 Å². The molecule has 0 aromatic heterocycles. The molecule has 4 fully saturated rings. The highest BCUT2D eigenvalue weighted by Gasteiger charge is 2.58.